The van der Waals surface area contributed by atoms with Crippen LogP contribution in [0.5, 0.6) is 5.75 Å². The Morgan fingerprint density at radius 3 is 2.53 bits per heavy atom. The van der Waals surface area contributed by atoms with Crippen molar-refractivity contribution in [1.82, 2.24) is 0 Å². The molecule has 0 atom stereocenters. The van der Waals surface area contributed by atoms with E-state index in [0.29, 0.717) is 28.6 Å². The van der Waals surface area contributed by atoms with Crippen molar-refractivity contribution < 1.29 is 19.1 Å². The number of esters is 1. The van der Waals surface area contributed by atoms with Gasteiger partial charge in [-0.1, -0.05) is 41.9 Å². The average Bonchev–Trinajstić information content (AvgIpc) is 3.10. The standard InChI is InChI=1S/C25H26ClNO4S/c1-4-30-25(29)23-22(18-9-6-5-7-10-18)17(3)32-24(23)27-21(28)11-8-14-31-19-12-13-20(26)16(2)15-19/h5-7,9-10,12-13,15H,4,8,11,14H2,1-3H3,(H,27,28). The van der Waals surface area contributed by atoms with Crippen molar-refractivity contribution in [1.29, 1.82) is 0 Å². The summed E-state index contributed by atoms with van der Waals surface area (Å²) >= 11 is 7.41. The average molecular weight is 472 g/mol. The third kappa shape index (κ3) is 5.90. The predicted octanol–water partition coefficient (Wildman–Crippen LogP) is 6.66. The molecule has 0 radical (unpaired) electrons. The minimum absolute atomic E-state index is 0.174. The molecule has 5 nitrogen and oxygen atoms in total. The molecule has 0 unspecified atom stereocenters. The van der Waals surface area contributed by atoms with Crippen molar-refractivity contribution in [2.24, 2.45) is 0 Å². The van der Waals surface area contributed by atoms with Crippen LogP contribution in [0.15, 0.2) is 48.5 Å². The fourth-order valence-corrected chi connectivity index (χ4v) is 4.50. The van der Waals surface area contributed by atoms with Gasteiger partial charge in [0.2, 0.25) is 5.91 Å². The molecule has 0 aliphatic carbocycles. The summed E-state index contributed by atoms with van der Waals surface area (Å²) in [7, 11) is 0. The van der Waals surface area contributed by atoms with E-state index in [-0.39, 0.29) is 18.9 Å². The third-order valence-corrected chi connectivity index (χ3v) is 6.27. The summed E-state index contributed by atoms with van der Waals surface area (Å²) in [5.41, 5.74) is 3.06. The number of ether oxygens (including phenoxy) is 2. The predicted molar refractivity (Wildman–Crippen MR) is 130 cm³/mol. The molecule has 0 aliphatic heterocycles. The molecule has 1 amide bonds. The minimum Gasteiger partial charge on any atom is -0.494 e. The number of carbonyl (C=O) groups is 2. The fourth-order valence-electron chi connectivity index (χ4n) is 3.30. The Hall–Kier alpha value is -2.83. The Balaban J connectivity index is 1.67. The van der Waals surface area contributed by atoms with Gasteiger partial charge in [-0.25, -0.2) is 4.79 Å². The summed E-state index contributed by atoms with van der Waals surface area (Å²) in [5.74, 6) is 0.109. The SMILES string of the molecule is CCOC(=O)c1c(NC(=O)CCCOc2ccc(Cl)c(C)c2)sc(C)c1-c1ccccc1. The number of thiophene rings is 1. The van der Waals surface area contributed by atoms with E-state index in [2.05, 4.69) is 5.32 Å². The van der Waals surface area contributed by atoms with Gasteiger partial charge in [0.25, 0.3) is 0 Å². The number of aryl methyl sites for hydroxylation is 2. The van der Waals surface area contributed by atoms with Gasteiger partial charge in [0, 0.05) is 21.9 Å². The summed E-state index contributed by atoms with van der Waals surface area (Å²) < 4.78 is 11.0. The van der Waals surface area contributed by atoms with Crippen LogP contribution in [0.1, 0.15) is 40.6 Å². The maximum atomic E-state index is 12.7. The van der Waals surface area contributed by atoms with Gasteiger partial charge >= 0.3 is 5.97 Å². The van der Waals surface area contributed by atoms with E-state index < -0.39 is 5.97 Å². The van der Waals surface area contributed by atoms with Crippen molar-refractivity contribution in [3.8, 4) is 16.9 Å². The van der Waals surface area contributed by atoms with Gasteiger partial charge in [-0.3, -0.25) is 4.79 Å². The second-order valence-electron chi connectivity index (χ2n) is 7.24. The zero-order valence-electron chi connectivity index (χ0n) is 18.4. The Labute approximate surface area is 197 Å². The third-order valence-electron chi connectivity index (χ3n) is 4.83. The number of nitrogens with one attached hydrogen (secondary N) is 1. The molecule has 0 saturated heterocycles. The molecule has 1 N–H and O–H groups in total. The monoisotopic (exact) mass is 471 g/mol. The second kappa shape index (κ2) is 11.2. The zero-order valence-corrected chi connectivity index (χ0v) is 19.9. The molecule has 2 aromatic carbocycles. The summed E-state index contributed by atoms with van der Waals surface area (Å²) in [5, 5.41) is 4.10. The van der Waals surface area contributed by atoms with Crippen molar-refractivity contribution in [3.63, 3.8) is 0 Å². The first-order chi connectivity index (χ1) is 15.4. The van der Waals surface area contributed by atoms with E-state index in [1.165, 1.54) is 11.3 Å². The Kier molecular flexibility index (Phi) is 8.31. The summed E-state index contributed by atoms with van der Waals surface area (Å²) in [6, 6.07) is 15.1. The van der Waals surface area contributed by atoms with Crippen LogP contribution in [0.2, 0.25) is 5.02 Å². The molecule has 168 valence electrons. The molecular weight excluding hydrogens is 446 g/mol. The Morgan fingerprint density at radius 2 is 1.84 bits per heavy atom. The highest BCUT2D eigenvalue weighted by Crippen LogP contribution is 2.40. The molecule has 0 spiro atoms. The van der Waals surface area contributed by atoms with Crippen molar-refractivity contribution in [2.45, 2.75) is 33.6 Å². The van der Waals surface area contributed by atoms with Gasteiger partial charge in [0.15, 0.2) is 0 Å². The first kappa shape index (κ1) is 23.8. The lowest BCUT2D eigenvalue weighted by atomic mass is 10.0. The van der Waals surface area contributed by atoms with E-state index in [1.807, 2.05) is 50.2 Å². The van der Waals surface area contributed by atoms with Gasteiger partial charge in [0.1, 0.15) is 16.3 Å². The fraction of sp³-hybridized carbons (Fsp3) is 0.280. The number of benzene rings is 2. The first-order valence-corrected chi connectivity index (χ1v) is 11.6. The lowest BCUT2D eigenvalue weighted by Crippen LogP contribution is -2.15. The highest BCUT2D eigenvalue weighted by Gasteiger charge is 2.25. The van der Waals surface area contributed by atoms with Crippen molar-refractivity contribution >= 4 is 39.8 Å². The van der Waals surface area contributed by atoms with Crippen LogP contribution in [0.3, 0.4) is 0 Å². The van der Waals surface area contributed by atoms with E-state index >= 15 is 0 Å². The number of halogens is 1. The maximum Gasteiger partial charge on any atom is 0.341 e. The van der Waals surface area contributed by atoms with E-state index in [9.17, 15) is 9.59 Å². The van der Waals surface area contributed by atoms with Crippen LogP contribution in [-0.4, -0.2) is 25.1 Å². The molecule has 1 aromatic heterocycles. The van der Waals surface area contributed by atoms with Crippen molar-refractivity contribution in [3.05, 3.63) is 69.6 Å². The van der Waals surface area contributed by atoms with Crippen LogP contribution in [-0.2, 0) is 9.53 Å². The highest BCUT2D eigenvalue weighted by molar-refractivity contribution is 7.17. The molecule has 0 bridgehead atoms. The van der Waals surface area contributed by atoms with E-state index in [1.54, 1.807) is 19.1 Å². The topological polar surface area (TPSA) is 64.6 Å². The van der Waals surface area contributed by atoms with Crippen LogP contribution in [0, 0.1) is 13.8 Å². The Morgan fingerprint density at radius 1 is 1.09 bits per heavy atom. The number of amides is 1. The van der Waals surface area contributed by atoms with Crippen LogP contribution in [0.25, 0.3) is 11.1 Å². The van der Waals surface area contributed by atoms with Crippen LogP contribution in [0.4, 0.5) is 5.00 Å². The smallest absolute Gasteiger partial charge is 0.341 e. The van der Waals surface area contributed by atoms with Gasteiger partial charge < -0.3 is 14.8 Å². The molecule has 7 heteroatoms. The van der Waals surface area contributed by atoms with Crippen LogP contribution >= 0.6 is 22.9 Å². The molecule has 0 saturated carbocycles. The summed E-state index contributed by atoms with van der Waals surface area (Å²) in [6.45, 7) is 6.28. The van der Waals surface area contributed by atoms with Gasteiger partial charge in [-0.2, -0.15) is 0 Å². The van der Waals surface area contributed by atoms with E-state index in [0.717, 1.165) is 27.3 Å². The van der Waals surface area contributed by atoms with Crippen molar-refractivity contribution in [2.75, 3.05) is 18.5 Å². The molecule has 0 aliphatic rings. The lowest BCUT2D eigenvalue weighted by molar-refractivity contribution is -0.116. The van der Waals surface area contributed by atoms with Gasteiger partial charge in [-0.05, 0) is 56.5 Å². The minimum atomic E-state index is -0.438. The second-order valence-corrected chi connectivity index (χ2v) is 8.87. The molecule has 32 heavy (non-hydrogen) atoms. The lowest BCUT2D eigenvalue weighted by Gasteiger charge is -2.10. The number of hydrogen-bond donors (Lipinski definition) is 1. The normalized spacial score (nSPS) is 10.6. The zero-order chi connectivity index (χ0) is 23.1. The van der Waals surface area contributed by atoms with Gasteiger partial charge in [-0.15, -0.1) is 11.3 Å². The molecule has 0 fully saturated rings. The van der Waals surface area contributed by atoms with Crippen LogP contribution < -0.4 is 10.1 Å². The largest absolute Gasteiger partial charge is 0.494 e. The number of hydrogen-bond acceptors (Lipinski definition) is 5. The molecule has 1 heterocycles. The Bertz CT molecular complexity index is 1090. The summed E-state index contributed by atoms with van der Waals surface area (Å²) in [6.07, 6.45) is 0.810. The number of carbonyl (C=O) groups excluding carboxylic acids is 2. The quantitative estimate of drug-likeness (QED) is 0.280. The highest BCUT2D eigenvalue weighted by atomic mass is 35.5. The maximum absolute atomic E-state index is 12.7. The summed E-state index contributed by atoms with van der Waals surface area (Å²) in [4.78, 5) is 26.3. The van der Waals surface area contributed by atoms with E-state index in [4.69, 9.17) is 21.1 Å². The molecule has 3 rings (SSSR count). The first-order valence-electron chi connectivity index (χ1n) is 10.5. The molecule has 3 aromatic rings. The number of rotatable bonds is 9. The molecular formula is C25H26ClNO4S. The number of anilines is 1. The van der Waals surface area contributed by atoms with Gasteiger partial charge in [0.05, 0.1) is 13.2 Å².